The molecule has 0 N–H and O–H groups in total. The van der Waals surface area contributed by atoms with Crippen molar-refractivity contribution in [1.29, 1.82) is 0 Å². The normalized spacial score (nSPS) is 21.0. The molecule has 0 bridgehead atoms. The number of benzene rings is 2. The molecule has 1 saturated carbocycles. The van der Waals surface area contributed by atoms with Crippen molar-refractivity contribution in [3.8, 4) is 11.1 Å². The molecule has 0 saturated heterocycles. The second-order valence-corrected chi connectivity index (χ2v) is 14.9. The highest BCUT2D eigenvalue weighted by Crippen LogP contribution is 2.40. The number of rotatable bonds is 8. The molecule has 1 aliphatic rings. The first-order valence-electron chi connectivity index (χ1n) is 11.3. The SMILES string of the molecule is C=C1[C@H](OC=O)C[C@H](OC(=O)c2ccc(-c3ccccc3)cc2)[C@H]1CO[Si](C)(C)C(C)(C)C. The Morgan fingerprint density at radius 2 is 1.67 bits per heavy atom. The Balaban J connectivity index is 1.72. The summed E-state index contributed by atoms with van der Waals surface area (Å²) in [6, 6.07) is 17.4. The van der Waals surface area contributed by atoms with Crippen molar-refractivity contribution in [3.63, 3.8) is 0 Å². The molecule has 0 aromatic heterocycles. The van der Waals surface area contributed by atoms with Crippen LogP contribution in [0.5, 0.6) is 0 Å². The van der Waals surface area contributed by atoms with Crippen molar-refractivity contribution in [2.75, 3.05) is 6.61 Å². The van der Waals surface area contributed by atoms with Gasteiger partial charge in [-0.25, -0.2) is 4.79 Å². The third-order valence-electron chi connectivity index (χ3n) is 6.92. The van der Waals surface area contributed by atoms with Gasteiger partial charge in [0, 0.05) is 18.9 Å². The number of carbonyl (C=O) groups is 2. The Bertz CT molecular complexity index is 976. The molecule has 33 heavy (non-hydrogen) atoms. The largest absolute Gasteiger partial charge is 0.460 e. The van der Waals surface area contributed by atoms with Crippen LogP contribution in [0.3, 0.4) is 0 Å². The summed E-state index contributed by atoms with van der Waals surface area (Å²) in [5, 5.41) is 0.0539. The molecule has 0 spiro atoms. The first-order chi connectivity index (χ1) is 15.5. The minimum absolute atomic E-state index is 0.0539. The van der Waals surface area contributed by atoms with Gasteiger partial charge in [0.1, 0.15) is 12.2 Å². The summed E-state index contributed by atoms with van der Waals surface area (Å²) >= 11 is 0. The minimum atomic E-state index is -2.01. The fourth-order valence-corrected chi connectivity index (χ4v) is 4.74. The van der Waals surface area contributed by atoms with Crippen molar-refractivity contribution >= 4 is 20.8 Å². The van der Waals surface area contributed by atoms with E-state index in [1.165, 1.54) is 0 Å². The lowest BCUT2D eigenvalue weighted by Crippen LogP contribution is -2.43. The van der Waals surface area contributed by atoms with Gasteiger partial charge in [-0.15, -0.1) is 0 Å². The van der Waals surface area contributed by atoms with E-state index in [0.29, 0.717) is 25.1 Å². The first kappa shape index (κ1) is 24.9. The van der Waals surface area contributed by atoms with Gasteiger partial charge < -0.3 is 13.9 Å². The van der Waals surface area contributed by atoms with E-state index >= 15 is 0 Å². The maximum absolute atomic E-state index is 12.9. The molecule has 0 unspecified atom stereocenters. The Morgan fingerprint density at radius 1 is 1.06 bits per heavy atom. The van der Waals surface area contributed by atoms with E-state index < -0.39 is 26.5 Å². The molecule has 3 atom stereocenters. The zero-order valence-electron chi connectivity index (χ0n) is 20.2. The van der Waals surface area contributed by atoms with E-state index in [1.807, 2.05) is 42.5 Å². The lowest BCUT2D eigenvalue weighted by Gasteiger charge is -2.37. The number of hydrogen-bond donors (Lipinski definition) is 0. The molecule has 6 heteroatoms. The highest BCUT2D eigenvalue weighted by molar-refractivity contribution is 6.74. The lowest BCUT2D eigenvalue weighted by molar-refractivity contribution is -0.132. The van der Waals surface area contributed by atoms with Crippen LogP contribution < -0.4 is 0 Å². The van der Waals surface area contributed by atoms with Gasteiger partial charge in [-0.1, -0.05) is 69.8 Å². The van der Waals surface area contributed by atoms with Crippen molar-refractivity contribution in [3.05, 3.63) is 72.3 Å². The van der Waals surface area contributed by atoms with Crippen LogP contribution in [0.15, 0.2) is 66.7 Å². The Morgan fingerprint density at radius 3 is 2.24 bits per heavy atom. The molecule has 0 heterocycles. The Labute approximate surface area is 197 Å². The summed E-state index contributed by atoms with van der Waals surface area (Å²) in [5.41, 5.74) is 3.32. The molecule has 0 radical (unpaired) electrons. The third kappa shape index (κ3) is 5.81. The van der Waals surface area contributed by atoms with E-state index in [9.17, 15) is 9.59 Å². The fourth-order valence-electron chi connectivity index (χ4n) is 3.71. The number of ether oxygens (including phenoxy) is 2. The molecule has 5 nitrogen and oxygen atoms in total. The molecular weight excluding hydrogens is 432 g/mol. The molecule has 176 valence electrons. The predicted octanol–water partition coefficient (Wildman–Crippen LogP) is 6.02. The predicted molar refractivity (Wildman–Crippen MR) is 132 cm³/mol. The van der Waals surface area contributed by atoms with Crippen LogP contribution in [0.25, 0.3) is 11.1 Å². The Hall–Kier alpha value is -2.70. The van der Waals surface area contributed by atoms with Crippen LogP contribution in [0.4, 0.5) is 0 Å². The maximum atomic E-state index is 12.9. The van der Waals surface area contributed by atoms with E-state index in [-0.39, 0.29) is 11.0 Å². The summed E-state index contributed by atoms with van der Waals surface area (Å²) in [6.07, 6.45) is -0.556. The zero-order valence-corrected chi connectivity index (χ0v) is 21.2. The smallest absolute Gasteiger partial charge is 0.338 e. The molecule has 0 aliphatic heterocycles. The lowest BCUT2D eigenvalue weighted by atomic mass is 10.0. The van der Waals surface area contributed by atoms with Gasteiger partial charge in [0.05, 0.1) is 5.56 Å². The molecule has 2 aromatic rings. The summed E-state index contributed by atoms with van der Waals surface area (Å²) < 4.78 is 17.5. The maximum Gasteiger partial charge on any atom is 0.338 e. The van der Waals surface area contributed by atoms with E-state index in [0.717, 1.165) is 16.7 Å². The van der Waals surface area contributed by atoms with E-state index in [2.05, 4.69) is 40.4 Å². The molecule has 0 amide bonds. The quantitative estimate of drug-likeness (QED) is 0.206. The second-order valence-electron chi connectivity index (χ2n) is 10.1. The summed E-state index contributed by atoms with van der Waals surface area (Å²) in [5.74, 6) is -0.631. The second kappa shape index (κ2) is 10.1. The average Bonchev–Trinajstić information content (AvgIpc) is 3.06. The van der Waals surface area contributed by atoms with Gasteiger partial charge in [-0.2, -0.15) is 0 Å². The molecule has 3 rings (SSSR count). The number of esters is 1. The van der Waals surface area contributed by atoms with Gasteiger partial charge in [0.2, 0.25) is 0 Å². The van der Waals surface area contributed by atoms with Crippen LogP contribution in [0.1, 0.15) is 37.6 Å². The van der Waals surface area contributed by atoms with Gasteiger partial charge in [-0.3, -0.25) is 4.79 Å². The fraction of sp³-hybridized carbons (Fsp3) is 0.407. The zero-order chi connectivity index (χ0) is 24.2. The molecule has 1 aliphatic carbocycles. The summed E-state index contributed by atoms with van der Waals surface area (Å²) in [7, 11) is -2.01. The van der Waals surface area contributed by atoms with Crippen molar-refractivity contribution in [2.24, 2.45) is 5.92 Å². The number of hydrogen-bond acceptors (Lipinski definition) is 5. The van der Waals surface area contributed by atoms with Crippen LogP contribution in [0.2, 0.25) is 18.1 Å². The van der Waals surface area contributed by atoms with Crippen LogP contribution >= 0.6 is 0 Å². The van der Waals surface area contributed by atoms with Gasteiger partial charge in [0.15, 0.2) is 8.32 Å². The average molecular weight is 467 g/mol. The van der Waals surface area contributed by atoms with Crippen LogP contribution in [0, 0.1) is 5.92 Å². The van der Waals surface area contributed by atoms with Gasteiger partial charge >= 0.3 is 5.97 Å². The van der Waals surface area contributed by atoms with E-state index in [1.54, 1.807) is 12.1 Å². The Kier molecular flexibility index (Phi) is 7.60. The third-order valence-corrected chi connectivity index (χ3v) is 11.4. The number of carbonyl (C=O) groups excluding carboxylic acids is 2. The first-order valence-corrected chi connectivity index (χ1v) is 14.2. The topological polar surface area (TPSA) is 61.8 Å². The van der Waals surface area contributed by atoms with Crippen LogP contribution in [-0.2, 0) is 18.7 Å². The van der Waals surface area contributed by atoms with Crippen molar-refractivity contribution in [2.45, 2.75) is 57.5 Å². The highest BCUT2D eigenvalue weighted by atomic mass is 28.4. The summed E-state index contributed by atoms with van der Waals surface area (Å²) in [4.78, 5) is 23.9. The standard InChI is InChI=1S/C27H34O5Si/c1-19-23(17-31-33(5,6)27(2,3)4)25(16-24(19)30-18-28)32-26(29)22-14-12-21(13-15-22)20-10-8-7-9-11-20/h7-15,18,23-25H,1,16-17H2,2-6H3/t23-,24+,25-/m0/s1. The summed E-state index contributed by atoms with van der Waals surface area (Å²) in [6.45, 7) is 15.8. The monoisotopic (exact) mass is 466 g/mol. The van der Waals surface area contributed by atoms with Crippen molar-refractivity contribution in [1.82, 2.24) is 0 Å². The van der Waals surface area contributed by atoms with E-state index in [4.69, 9.17) is 13.9 Å². The molecule has 1 fully saturated rings. The van der Waals surface area contributed by atoms with Crippen LogP contribution in [-0.4, -0.2) is 39.6 Å². The van der Waals surface area contributed by atoms with Crippen molar-refractivity contribution < 1.29 is 23.5 Å². The van der Waals surface area contributed by atoms with Gasteiger partial charge in [-0.05, 0) is 47.0 Å². The highest BCUT2D eigenvalue weighted by Gasteiger charge is 2.44. The minimum Gasteiger partial charge on any atom is -0.460 e. The molecular formula is C27H34O5Si. The molecule has 2 aromatic carbocycles. The van der Waals surface area contributed by atoms with Gasteiger partial charge in [0.25, 0.3) is 6.47 Å².